The fraction of sp³-hybridized carbons (Fsp3) is 0.353. The Morgan fingerprint density at radius 2 is 1.82 bits per heavy atom. The van der Waals surface area contributed by atoms with Crippen LogP contribution >= 0.6 is 0 Å². The van der Waals surface area contributed by atoms with Crippen molar-refractivity contribution in [2.75, 3.05) is 18.4 Å². The molecule has 0 atom stereocenters. The highest BCUT2D eigenvalue weighted by Crippen LogP contribution is 2.23. The van der Waals surface area contributed by atoms with Crippen molar-refractivity contribution in [3.63, 3.8) is 0 Å². The number of rotatable bonds is 3. The van der Waals surface area contributed by atoms with Crippen LogP contribution in [-0.4, -0.2) is 33.9 Å². The molecule has 1 aromatic heterocycles. The largest absolute Gasteiger partial charge is 0.340 e. The molecule has 114 valence electrons. The molecule has 1 N–H and O–H groups in total. The van der Waals surface area contributed by atoms with E-state index < -0.39 is 0 Å². The quantitative estimate of drug-likeness (QED) is 0.945. The molecule has 0 saturated carbocycles. The number of amides is 1. The van der Waals surface area contributed by atoms with Crippen molar-refractivity contribution < 1.29 is 4.79 Å². The Bertz CT molecular complexity index is 673. The van der Waals surface area contributed by atoms with Gasteiger partial charge >= 0.3 is 0 Å². The highest BCUT2D eigenvalue weighted by atomic mass is 16.2. The predicted molar refractivity (Wildman–Crippen MR) is 86.4 cm³/mol. The van der Waals surface area contributed by atoms with Crippen molar-refractivity contribution in [2.24, 2.45) is 0 Å². The van der Waals surface area contributed by atoms with Gasteiger partial charge in [0, 0.05) is 24.8 Å². The van der Waals surface area contributed by atoms with Gasteiger partial charge in [0.05, 0.1) is 0 Å². The Morgan fingerprint density at radius 3 is 2.50 bits per heavy atom. The Balaban J connectivity index is 1.83. The number of anilines is 2. The third kappa shape index (κ3) is 2.93. The van der Waals surface area contributed by atoms with Gasteiger partial charge in [0.25, 0.3) is 5.91 Å². The van der Waals surface area contributed by atoms with E-state index in [4.69, 9.17) is 0 Å². The molecule has 1 fully saturated rings. The lowest BCUT2D eigenvalue weighted by atomic mass is 10.1. The molecule has 2 heterocycles. The number of hydrogen-bond donors (Lipinski definition) is 1. The summed E-state index contributed by atoms with van der Waals surface area (Å²) < 4.78 is 0. The van der Waals surface area contributed by atoms with E-state index in [2.05, 4.69) is 15.3 Å². The normalized spacial score (nSPS) is 14.2. The second kappa shape index (κ2) is 6.13. The van der Waals surface area contributed by atoms with E-state index >= 15 is 0 Å². The molecule has 5 heteroatoms. The van der Waals surface area contributed by atoms with Crippen molar-refractivity contribution in [3.05, 3.63) is 47.4 Å². The Labute approximate surface area is 130 Å². The van der Waals surface area contributed by atoms with E-state index in [-0.39, 0.29) is 5.91 Å². The van der Waals surface area contributed by atoms with Crippen LogP contribution in [0.2, 0.25) is 0 Å². The van der Waals surface area contributed by atoms with Gasteiger partial charge in [-0.15, -0.1) is 0 Å². The maximum Gasteiger partial charge on any atom is 0.272 e. The summed E-state index contributed by atoms with van der Waals surface area (Å²) in [5.74, 6) is 0.638. The molecule has 1 amide bonds. The van der Waals surface area contributed by atoms with Crippen LogP contribution in [-0.2, 0) is 0 Å². The van der Waals surface area contributed by atoms with Crippen molar-refractivity contribution in [2.45, 2.75) is 26.7 Å². The molecule has 0 aliphatic carbocycles. The third-order valence-electron chi connectivity index (χ3n) is 4.01. The lowest BCUT2D eigenvalue weighted by Gasteiger charge is -2.15. The van der Waals surface area contributed by atoms with Crippen LogP contribution < -0.4 is 5.32 Å². The first kappa shape index (κ1) is 14.5. The Hall–Kier alpha value is -2.43. The molecule has 0 radical (unpaired) electrons. The summed E-state index contributed by atoms with van der Waals surface area (Å²) in [6.07, 6.45) is 3.59. The van der Waals surface area contributed by atoms with Gasteiger partial charge in [-0.25, -0.2) is 9.97 Å². The summed E-state index contributed by atoms with van der Waals surface area (Å²) in [4.78, 5) is 22.6. The van der Waals surface area contributed by atoms with E-state index in [9.17, 15) is 4.79 Å². The fourth-order valence-electron chi connectivity index (χ4n) is 2.76. The molecule has 5 nitrogen and oxygen atoms in total. The number of benzene rings is 1. The van der Waals surface area contributed by atoms with E-state index in [1.165, 1.54) is 6.33 Å². The monoisotopic (exact) mass is 296 g/mol. The zero-order valence-electron chi connectivity index (χ0n) is 13.0. The Kier molecular flexibility index (Phi) is 4.04. The first-order chi connectivity index (χ1) is 10.6. The molecule has 1 saturated heterocycles. The summed E-state index contributed by atoms with van der Waals surface area (Å²) in [6.45, 7) is 5.74. The molecule has 22 heavy (non-hydrogen) atoms. The molecule has 2 aromatic rings. The number of nitrogens with zero attached hydrogens (tertiary/aromatic N) is 3. The van der Waals surface area contributed by atoms with Gasteiger partial charge in [0.15, 0.2) is 0 Å². The molecule has 0 spiro atoms. The first-order valence-corrected chi connectivity index (χ1v) is 7.60. The minimum atomic E-state index is -0.00976. The van der Waals surface area contributed by atoms with Gasteiger partial charge in [-0.3, -0.25) is 4.79 Å². The molecule has 0 bridgehead atoms. The standard InChI is InChI=1S/C17H20N4O/c1-12-6-5-7-13(2)16(12)20-15-10-14(18-11-19-15)17(22)21-8-3-4-9-21/h5-7,10-11H,3-4,8-9H2,1-2H3,(H,18,19,20). The number of para-hydroxylation sites is 1. The summed E-state index contributed by atoms with van der Waals surface area (Å²) in [6, 6.07) is 7.85. The average Bonchev–Trinajstić information content (AvgIpc) is 3.05. The van der Waals surface area contributed by atoms with Crippen molar-refractivity contribution in [1.29, 1.82) is 0 Å². The minimum absolute atomic E-state index is 0.00976. The van der Waals surface area contributed by atoms with Crippen LogP contribution in [0.25, 0.3) is 0 Å². The zero-order chi connectivity index (χ0) is 15.5. The Morgan fingerprint density at radius 1 is 1.14 bits per heavy atom. The molecule has 1 aliphatic rings. The predicted octanol–water partition coefficient (Wildman–Crippen LogP) is 3.07. The van der Waals surface area contributed by atoms with Gasteiger partial charge in [-0.2, -0.15) is 0 Å². The van der Waals surface area contributed by atoms with Crippen molar-refractivity contribution in [3.8, 4) is 0 Å². The molecule has 1 aromatic carbocycles. The maximum absolute atomic E-state index is 12.4. The summed E-state index contributed by atoms with van der Waals surface area (Å²) in [5, 5.41) is 3.30. The molecule has 3 rings (SSSR count). The smallest absolute Gasteiger partial charge is 0.272 e. The van der Waals surface area contributed by atoms with Gasteiger partial charge in [0.2, 0.25) is 0 Å². The molecule has 1 aliphatic heterocycles. The summed E-state index contributed by atoms with van der Waals surface area (Å²) >= 11 is 0. The van der Waals surface area contributed by atoms with Gasteiger partial charge in [0.1, 0.15) is 17.8 Å². The van der Waals surface area contributed by atoms with E-state index in [1.54, 1.807) is 6.07 Å². The SMILES string of the molecule is Cc1cccc(C)c1Nc1cc(C(=O)N2CCCC2)ncn1. The number of likely N-dealkylation sites (tertiary alicyclic amines) is 1. The van der Waals surface area contributed by atoms with Gasteiger partial charge in [-0.1, -0.05) is 18.2 Å². The zero-order valence-corrected chi connectivity index (χ0v) is 13.0. The average molecular weight is 296 g/mol. The van der Waals surface area contributed by atoms with Crippen LogP contribution in [0, 0.1) is 13.8 Å². The second-order valence-corrected chi connectivity index (χ2v) is 5.68. The fourth-order valence-corrected chi connectivity index (χ4v) is 2.76. The molecular formula is C17H20N4O. The number of carbonyl (C=O) groups excluding carboxylic acids is 1. The van der Waals surface area contributed by atoms with E-state index in [0.29, 0.717) is 11.5 Å². The first-order valence-electron chi connectivity index (χ1n) is 7.60. The number of aryl methyl sites for hydroxylation is 2. The molecular weight excluding hydrogens is 276 g/mol. The van der Waals surface area contributed by atoms with Crippen LogP contribution in [0.5, 0.6) is 0 Å². The number of aromatic nitrogens is 2. The number of carbonyl (C=O) groups is 1. The van der Waals surface area contributed by atoms with Crippen LogP contribution in [0.15, 0.2) is 30.6 Å². The summed E-state index contributed by atoms with van der Waals surface area (Å²) in [5.41, 5.74) is 3.77. The van der Waals surface area contributed by atoms with Gasteiger partial charge in [-0.05, 0) is 37.8 Å². The van der Waals surface area contributed by atoms with Crippen LogP contribution in [0.4, 0.5) is 11.5 Å². The van der Waals surface area contributed by atoms with E-state index in [0.717, 1.165) is 42.7 Å². The second-order valence-electron chi connectivity index (χ2n) is 5.68. The number of nitrogens with one attached hydrogen (secondary N) is 1. The van der Waals surface area contributed by atoms with Crippen molar-refractivity contribution in [1.82, 2.24) is 14.9 Å². The minimum Gasteiger partial charge on any atom is -0.340 e. The lowest BCUT2D eigenvalue weighted by Crippen LogP contribution is -2.28. The maximum atomic E-state index is 12.4. The lowest BCUT2D eigenvalue weighted by molar-refractivity contribution is 0.0787. The highest BCUT2D eigenvalue weighted by Gasteiger charge is 2.21. The van der Waals surface area contributed by atoms with E-state index in [1.807, 2.05) is 36.9 Å². The topological polar surface area (TPSA) is 58.1 Å². The third-order valence-corrected chi connectivity index (χ3v) is 4.01. The van der Waals surface area contributed by atoms with Gasteiger partial charge < -0.3 is 10.2 Å². The number of hydrogen-bond acceptors (Lipinski definition) is 4. The van der Waals surface area contributed by atoms with Crippen LogP contribution in [0.1, 0.15) is 34.5 Å². The van der Waals surface area contributed by atoms with Crippen molar-refractivity contribution >= 4 is 17.4 Å². The highest BCUT2D eigenvalue weighted by molar-refractivity contribution is 5.93. The molecule has 0 unspecified atom stereocenters. The van der Waals surface area contributed by atoms with Crippen LogP contribution in [0.3, 0.4) is 0 Å². The summed E-state index contributed by atoms with van der Waals surface area (Å²) in [7, 11) is 0.